The molecule has 0 bridgehead atoms. The normalized spacial score (nSPS) is 12.6. The maximum Gasteiger partial charge on any atom is 0.0801 e. The fraction of sp³-hybridized carbons (Fsp3) is 0.529. The first-order valence-corrected chi connectivity index (χ1v) is 7.86. The van der Waals surface area contributed by atoms with Gasteiger partial charge in [0.1, 0.15) is 0 Å². The van der Waals surface area contributed by atoms with E-state index < -0.39 is 0 Å². The van der Waals surface area contributed by atoms with Crippen LogP contribution in [-0.4, -0.2) is 21.5 Å². The van der Waals surface area contributed by atoms with Crippen molar-refractivity contribution in [1.29, 1.82) is 0 Å². The standard InChI is InChI=1S/C17H26N4/c1-5-9-18-17(15-8-7-13(3)14(4)11-15)16-12-19-20-21(16)10-6-2/h7-8,11-12,17-18H,5-6,9-10H2,1-4H3. The van der Waals surface area contributed by atoms with Gasteiger partial charge in [0.2, 0.25) is 0 Å². The summed E-state index contributed by atoms with van der Waals surface area (Å²) in [6.07, 6.45) is 4.05. The van der Waals surface area contributed by atoms with Crippen molar-refractivity contribution in [3.63, 3.8) is 0 Å². The Balaban J connectivity index is 2.37. The van der Waals surface area contributed by atoms with Gasteiger partial charge in [-0.25, -0.2) is 4.68 Å². The molecule has 4 heteroatoms. The van der Waals surface area contributed by atoms with Gasteiger partial charge in [-0.2, -0.15) is 0 Å². The Morgan fingerprint density at radius 3 is 2.62 bits per heavy atom. The predicted octanol–water partition coefficient (Wildman–Crippen LogP) is 3.39. The molecule has 0 radical (unpaired) electrons. The third-order valence-corrected chi connectivity index (χ3v) is 3.84. The Morgan fingerprint density at radius 2 is 1.95 bits per heavy atom. The van der Waals surface area contributed by atoms with Gasteiger partial charge in [-0.05, 0) is 49.9 Å². The van der Waals surface area contributed by atoms with Crippen LogP contribution < -0.4 is 5.32 Å². The van der Waals surface area contributed by atoms with E-state index in [-0.39, 0.29) is 6.04 Å². The van der Waals surface area contributed by atoms with Gasteiger partial charge in [0.05, 0.1) is 17.9 Å². The molecule has 1 heterocycles. The van der Waals surface area contributed by atoms with Crippen LogP contribution in [0.5, 0.6) is 0 Å². The van der Waals surface area contributed by atoms with E-state index in [1.54, 1.807) is 0 Å². The van der Waals surface area contributed by atoms with Crippen LogP contribution in [0.4, 0.5) is 0 Å². The van der Waals surface area contributed by atoms with E-state index in [1.165, 1.54) is 16.7 Å². The highest BCUT2D eigenvalue weighted by molar-refractivity contribution is 5.35. The lowest BCUT2D eigenvalue weighted by Gasteiger charge is -2.20. The highest BCUT2D eigenvalue weighted by atomic mass is 15.4. The molecule has 1 N–H and O–H groups in total. The average Bonchev–Trinajstić information content (AvgIpc) is 2.92. The third kappa shape index (κ3) is 3.70. The van der Waals surface area contributed by atoms with Gasteiger partial charge in [-0.3, -0.25) is 0 Å². The molecule has 21 heavy (non-hydrogen) atoms. The SMILES string of the molecule is CCCNC(c1ccc(C)c(C)c1)c1cnnn1CCC. The van der Waals surface area contributed by atoms with Gasteiger partial charge >= 0.3 is 0 Å². The quantitative estimate of drug-likeness (QED) is 0.848. The molecule has 1 aromatic heterocycles. The summed E-state index contributed by atoms with van der Waals surface area (Å²) >= 11 is 0. The highest BCUT2D eigenvalue weighted by Gasteiger charge is 2.18. The maximum atomic E-state index is 4.23. The molecule has 114 valence electrons. The predicted molar refractivity (Wildman–Crippen MR) is 86.4 cm³/mol. The number of nitrogens with zero attached hydrogens (tertiary/aromatic N) is 3. The first-order chi connectivity index (χ1) is 10.2. The summed E-state index contributed by atoms with van der Waals surface area (Å²) in [5.41, 5.74) is 5.08. The van der Waals surface area contributed by atoms with E-state index >= 15 is 0 Å². The van der Waals surface area contributed by atoms with Crippen molar-refractivity contribution in [2.24, 2.45) is 0 Å². The van der Waals surface area contributed by atoms with Gasteiger partial charge in [-0.15, -0.1) is 5.10 Å². The first kappa shape index (κ1) is 15.7. The number of benzene rings is 1. The zero-order valence-corrected chi connectivity index (χ0v) is 13.6. The molecule has 0 aliphatic rings. The minimum Gasteiger partial charge on any atom is -0.305 e. The molecule has 0 amide bonds. The molecule has 0 aliphatic carbocycles. The number of hydrogen-bond donors (Lipinski definition) is 1. The molecule has 1 unspecified atom stereocenters. The molecular weight excluding hydrogens is 260 g/mol. The second-order valence-corrected chi connectivity index (χ2v) is 5.61. The number of aromatic nitrogens is 3. The van der Waals surface area contributed by atoms with Gasteiger partial charge in [-0.1, -0.05) is 37.3 Å². The second-order valence-electron chi connectivity index (χ2n) is 5.61. The Kier molecular flexibility index (Phi) is 5.51. The van der Waals surface area contributed by atoms with E-state index in [4.69, 9.17) is 0 Å². The summed E-state index contributed by atoms with van der Waals surface area (Å²) in [6.45, 7) is 10.6. The Bertz CT molecular complexity index is 574. The lowest BCUT2D eigenvalue weighted by Crippen LogP contribution is -2.26. The molecule has 0 saturated carbocycles. The van der Waals surface area contributed by atoms with Crippen molar-refractivity contribution in [3.05, 3.63) is 46.8 Å². The van der Waals surface area contributed by atoms with Gasteiger partial charge < -0.3 is 5.32 Å². The Hall–Kier alpha value is -1.68. The summed E-state index contributed by atoms with van der Waals surface area (Å²) in [5, 5.41) is 12.0. The second kappa shape index (κ2) is 7.36. The van der Waals surface area contributed by atoms with E-state index in [1.807, 2.05) is 10.9 Å². The van der Waals surface area contributed by atoms with E-state index in [0.29, 0.717) is 0 Å². The summed E-state index contributed by atoms with van der Waals surface area (Å²) in [5.74, 6) is 0. The van der Waals surface area contributed by atoms with Crippen LogP contribution in [0, 0.1) is 13.8 Å². The molecule has 1 atom stereocenters. The zero-order valence-electron chi connectivity index (χ0n) is 13.6. The molecule has 0 spiro atoms. The topological polar surface area (TPSA) is 42.7 Å². The van der Waals surface area contributed by atoms with Crippen molar-refractivity contribution in [3.8, 4) is 0 Å². The minimum absolute atomic E-state index is 0.158. The largest absolute Gasteiger partial charge is 0.305 e. The number of hydrogen-bond acceptors (Lipinski definition) is 3. The number of nitrogens with one attached hydrogen (secondary N) is 1. The summed E-state index contributed by atoms with van der Waals surface area (Å²) in [6, 6.07) is 6.83. The van der Waals surface area contributed by atoms with Crippen molar-refractivity contribution in [2.75, 3.05) is 6.54 Å². The third-order valence-electron chi connectivity index (χ3n) is 3.84. The highest BCUT2D eigenvalue weighted by Crippen LogP contribution is 2.23. The molecule has 2 aromatic rings. The van der Waals surface area contributed by atoms with E-state index in [0.717, 1.165) is 31.6 Å². The molecule has 1 aromatic carbocycles. The molecule has 0 saturated heterocycles. The molecule has 2 rings (SSSR count). The first-order valence-electron chi connectivity index (χ1n) is 7.86. The van der Waals surface area contributed by atoms with Gasteiger partial charge in [0.25, 0.3) is 0 Å². The molecule has 0 aliphatic heterocycles. The molecular formula is C17H26N4. The number of aryl methyl sites for hydroxylation is 3. The van der Waals surface area contributed by atoms with Crippen LogP contribution in [0.1, 0.15) is 55.1 Å². The minimum atomic E-state index is 0.158. The maximum absolute atomic E-state index is 4.23. The summed E-state index contributed by atoms with van der Waals surface area (Å²) in [7, 11) is 0. The van der Waals surface area contributed by atoms with Crippen molar-refractivity contribution in [2.45, 2.75) is 53.1 Å². The van der Waals surface area contributed by atoms with Gasteiger partial charge in [0.15, 0.2) is 0 Å². The lowest BCUT2D eigenvalue weighted by atomic mass is 9.99. The average molecular weight is 286 g/mol. The fourth-order valence-corrected chi connectivity index (χ4v) is 2.50. The van der Waals surface area contributed by atoms with E-state index in [9.17, 15) is 0 Å². The lowest BCUT2D eigenvalue weighted by molar-refractivity contribution is 0.504. The smallest absolute Gasteiger partial charge is 0.0801 e. The van der Waals surface area contributed by atoms with Gasteiger partial charge in [0, 0.05) is 6.54 Å². The monoisotopic (exact) mass is 286 g/mol. The van der Waals surface area contributed by atoms with Crippen molar-refractivity contribution in [1.82, 2.24) is 20.3 Å². The van der Waals surface area contributed by atoms with Crippen LogP contribution in [0.15, 0.2) is 24.4 Å². The molecule has 0 fully saturated rings. The van der Waals surface area contributed by atoms with Crippen LogP contribution in [0.25, 0.3) is 0 Å². The molecule has 4 nitrogen and oxygen atoms in total. The number of rotatable bonds is 7. The Morgan fingerprint density at radius 1 is 1.14 bits per heavy atom. The van der Waals surface area contributed by atoms with Crippen LogP contribution in [0.3, 0.4) is 0 Å². The Labute approximate surface area is 127 Å². The zero-order chi connectivity index (χ0) is 15.2. The van der Waals surface area contributed by atoms with Crippen LogP contribution >= 0.6 is 0 Å². The van der Waals surface area contributed by atoms with Crippen LogP contribution in [-0.2, 0) is 6.54 Å². The summed E-state index contributed by atoms with van der Waals surface area (Å²) < 4.78 is 2.02. The summed E-state index contributed by atoms with van der Waals surface area (Å²) in [4.78, 5) is 0. The fourth-order valence-electron chi connectivity index (χ4n) is 2.50. The van der Waals surface area contributed by atoms with Crippen molar-refractivity contribution < 1.29 is 0 Å². The van der Waals surface area contributed by atoms with Crippen molar-refractivity contribution >= 4 is 0 Å². The van der Waals surface area contributed by atoms with Crippen LogP contribution in [0.2, 0.25) is 0 Å². The van der Waals surface area contributed by atoms with E-state index in [2.05, 4.69) is 61.5 Å².